The number of quaternary nitrogens is 1. The summed E-state index contributed by atoms with van der Waals surface area (Å²) in [5.74, 6) is -0.405. The van der Waals surface area contributed by atoms with Crippen molar-refractivity contribution in [1.29, 1.82) is 0 Å². The normalized spacial score (nSPS) is 21.5. The minimum absolute atomic E-state index is 0.0441. The Labute approximate surface area is 153 Å². The van der Waals surface area contributed by atoms with E-state index in [2.05, 4.69) is 22.0 Å². The van der Waals surface area contributed by atoms with Crippen LogP contribution in [0, 0.1) is 0 Å². The van der Waals surface area contributed by atoms with Crippen molar-refractivity contribution in [3.05, 3.63) is 60.4 Å². The van der Waals surface area contributed by atoms with Crippen molar-refractivity contribution in [1.82, 2.24) is 4.90 Å². The fourth-order valence-corrected chi connectivity index (χ4v) is 3.85. The Bertz CT molecular complexity index is 773. The zero-order chi connectivity index (χ0) is 17.9. The van der Waals surface area contributed by atoms with Crippen molar-refractivity contribution in [2.75, 3.05) is 37.7 Å². The van der Waals surface area contributed by atoms with Crippen LogP contribution in [0.15, 0.2) is 54.9 Å². The lowest BCUT2D eigenvalue weighted by atomic mass is 9.98. The van der Waals surface area contributed by atoms with Crippen LogP contribution in [0.25, 0.3) is 0 Å². The molecule has 6 heteroatoms. The van der Waals surface area contributed by atoms with E-state index in [0.717, 1.165) is 31.7 Å². The molecular weight excluding hydrogens is 328 g/mol. The van der Waals surface area contributed by atoms with E-state index in [4.69, 9.17) is 0 Å². The smallest absolute Gasteiger partial charge is 0.241 e. The lowest BCUT2D eigenvalue weighted by Gasteiger charge is -2.34. The lowest BCUT2D eigenvalue weighted by molar-refractivity contribution is -0.907. The molecule has 2 aromatic rings. The molecule has 2 amide bonds. The highest BCUT2D eigenvalue weighted by Crippen LogP contribution is 2.28. The Kier molecular flexibility index (Phi) is 4.67. The molecule has 2 N–H and O–H groups in total. The van der Waals surface area contributed by atoms with Gasteiger partial charge >= 0.3 is 0 Å². The van der Waals surface area contributed by atoms with Gasteiger partial charge in [0.05, 0.1) is 32.1 Å². The van der Waals surface area contributed by atoms with E-state index < -0.39 is 0 Å². The monoisotopic (exact) mass is 352 g/mol. The number of benzene rings is 1. The number of likely N-dealkylation sites (tertiary alicyclic amines) is 1. The van der Waals surface area contributed by atoms with Crippen molar-refractivity contribution in [2.45, 2.75) is 12.3 Å². The molecule has 0 spiro atoms. The molecule has 1 aromatic carbocycles. The minimum Gasteiger partial charge on any atom is -0.360 e. The summed E-state index contributed by atoms with van der Waals surface area (Å²) in [4.78, 5) is 33.3. The predicted octanol–water partition coefficient (Wildman–Crippen LogP) is -0.294. The lowest BCUT2D eigenvalue weighted by Crippen LogP contribution is -3.16. The van der Waals surface area contributed by atoms with Gasteiger partial charge in [-0.2, -0.15) is 0 Å². The molecule has 26 heavy (non-hydrogen) atoms. The molecule has 2 aliphatic rings. The molecule has 2 aliphatic heterocycles. The van der Waals surface area contributed by atoms with Gasteiger partial charge in [0.1, 0.15) is 0 Å². The SMILES string of the molecule is O=C1C[C@@H](c2ccccc2)C(=O)N1C[NH+]1CCN(c2cc[nH+]cc2)CC1. The molecule has 4 rings (SSSR count). The number of nitrogens with one attached hydrogen (secondary N) is 2. The first-order chi connectivity index (χ1) is 12.7. The van der Waals surface area contributed by atoms with Gasteiger partial charge < -0.3 is 9.80 Å². The van der Waals surface area contributed by atoms with Crippen LogP contribution in [0.2, 0.25) is 0 Å². The third kappa shape index (κ3) is 3.32. The van der Waals surface area contributed by atoms with E-state index in [1.54, 1.807) is 0 Å². The molecule has 2 saturated heterocycles. The number of amides is 2. The highest BCUT2D eigenvalue weighted by molar-refractivity contribution is 6.06. The topological polar surface area (TPSA) is 59.2 Å². The van der Waals surface area contributed by atoms with Crippen LogP contribution in [0.5, 0.6) is 0 Å². The maximum absolute atomic E-state index is 12.8. The van der Waals surface area contributed by atoms with E-state index in [-0.39, 0.29) is 17.7 Å². The molecule has 3 heterocycles. The first-order valence-electron chi connectivity index (χ1n) is 9.16. The molecule has 134 valence electrons. The van der Waals surface area contributed by atoms with Crippen LogP contribution in [0.4, 0.5) is 5.69 Å². The second-order valence-corrected chi connectivity index (χ2v) is 6.98. The molecule has 1 atom stereocenters. The average molecular weight is 352 g/mol. The zero-order valence-electron chi connectivity index (χ0n) is 14.7. The summed E-state index contributed by atoms with van der Waals surface area (Å²) in [5, 5.41) is 0. The summed E-state index contributed by atoms with van der Waals surface area (Å²) in [6.07, 6.45) is 4.16. The van der Waals surface area contributed by atoms with Crippen LogP contribution >= 0.6 is 0 Å². The Morgan fingerprint density at radius 1 is 1.00 bits per heavy atom. The number of hydrogen-bond donors (Lipinski definition) is 1. The molecule has 6 nitrogen and oxygen atoms in total. The number of pyridine rings is 1. The maximum atomic E-state index is 12.8. The van der Waals surface area contributed by atoms with Crippen molar-refractivity contribution in [3.8, 4) is 0 Å². The molecule has 0 bridgehead atoms. The van der Waals surface area contributed by atoms with Crippen LogP contribution in [-0.2, 0) is 9.59 Å². The van der Waals surface area contributed by atoms with Gasteiger partial charge in [-0.1, -0.05) is 30.3 Å². The number of aromatic nitrogens is 1. The predicted molar refractivity (Wildman–Crippen MR) is 96.4 cm³/mol. The van der Waals surface area contributed by atoms with E-state index in [9.17, 15) is 9.59 Å². The molecule has 2 fully saturated rings. The Hall–Kier alpha value is -2.73. The number of hydrogen-bond acceptors (Lipinski definition) is 3. The van der Waals surface area contributed by atoms with Crippen LogP contribution in [0.3, 0.4) is 0 Å². The minimum atomic E-state index is -0.315. The third-order valence-corrected chi connectivity index (χ3v) is 5.36. The fraction of sp³-hybridized carbons (Fsp3) is 0.350. The Morgan fingerprint density at radius 2 is 1.69 bits per heavy atom. The van der Waals surface area contributed by atoms with Gasteiger partial charge in [-0.3, -0.25) is 9.59 Å². The first-order valence-corrected chi connectivity index (χ1v) is 9.16. The van der Waals surface area contributed by atoms with Gasteiger partial charge in [0.25, 0.3) is 0 Å². The quantitative estimate of drug-likeness (QED) is 0.769. The van der Waals surface area contributed by atoms with Gasteiger partial charge in [-0.25, -0.2) is 9.88 Å². The van der Waals surface area contributed by atoms with Crippen LogP contribution in [0.1, 0.15) is 17.9 Å². The van der Waals surface area contributed by atoms with Crippen LogP contribution < -0.4 is 14.8 Å². The summed E-state index contributed by atoms with van der Waals surface area (Å²) >= 11 is 0. The standard InChI is InChI=1S/C20H22N4O2/c25-19-14-18(16-4-2-1-3-5-16)20(26)24(19)15-22-10-12-23(13-11-22)17-6-8-21-9-7-17/h1-9,18H,10-15H2/p+2/t18-/m0/s1. The van der Waals surface area contributed by atoms with E-state index in [1.165, 1.54) is 15.5 Å². The number of rotatable bonds is 4. The average Bonchev–Trinajstić information content (AvgIpc) is 2.98. The van der Waals surface area contributed by atoms with Gasteiger partial charge in [-0.15, -0.1) is 0 Å². The van der Waals surface area contributed by atoms with Crippen molar-refractivity contribution < 1.29 is 19.5 Å². The van der Waals surface area contributed by atoms with Gasteiger partial charge in [0.2, 0.25) is 11.8 Å². The number of nitrogens with zero attached hydrogens (tertiary/aromatic N) is 2. The number of anilines is 1. The van der Waals surface area contributed by atoms with Crippen molar-refractivity contribution in [3.63, 3.8) is 0 Å². The van der Waals surface area contributed by atoms with E-state index in [0.29, 0.717) is 13.1 Å². The van der Waals surface area contributed by atoms with Gasteiger partial charge in [0, 0.05) is 24.2 Å². The van der Waals surface area contributed by atoms with Crippen molar-refractivity contribution in [2.24, 2.45) is 0 Å². The molecule has 0 aliphatic carbocycles. The largest absolute Gasteiger partial charge is 0.360 e. The summed E-state index contributed by atoms with van der Waals surface area (Å²) < 4.78 is 0. The maximum Gasteiger partial charge on any atom is 0.241 e. The highest BCUT2D eigenvalue weighted by atomic mass is 16.2. The van der Waals surface area contributed by atoms with Gasteiger partial charge in [-0.05, 0) is 5.56 Å². The number of piperazine rings is 1. The number of carbonyl (C=O) groups excluding carboxylic acids is 2. The Balaban J connectivity index is 1.36. The highest BCUT2D eigenvalue weighted by Gasteiger charge is 2.41. The summed E-state index contributed by atoms with van der Waals surface area (Å²) in [5.41, 5.74) is 2.15. The first kappa shape index (κ1) is 16.7. The van der Waals surface area contributed by atoms with Gasteiger partial charge in [0.15, 0.2) is 19.1 Å². The number of aromatic amines is 1. The molecule has 0 unspecified atom stereocenters. The molecule has 1 aromatic heterocycles. The molecular formula is C20H24N4O2+2. The number of carbonyl (C=O) groups is 2. The second-order valence-electron chi connectivity index (χ2n) is 6.98. The summed E-state index contributed by atoms with van der Waals surface area (Å²) in [6.45, 7) is 4.18. The fourth-order valence-electron chi connectivity index (χ4n) is 3.85. The van der Waals surface area contributed by atoms with Crippen molar-refractivity contribution >= 4 is 17.5 Å². The zero-order valence-corrected chi connectivity index (χ0v) is 14.7. The van der Waals surface area contributed by atoms with E-state index >= 15 is 0 Å². The summed E-state index contributed by atoms with van der Waals surface area (Å²) in [7, 11) is 0. The van der Waals surface area contributed by atoms with E-state index in [1.807, 2.05) is 42.7 Å². The summed E-state index contributed by atoms with van der Waals surface area (Å²) in [6, 6.07) is 13.8. The van der Waals surface area contributed by atoms with Crippen LogP contribution in [-0.4, -0.2) is 49.6 Å². The second kappa shape index (κ2) is 7.25. The number of H-pyrrole nitrogens is 1. The third-order valence-electron chi connectivity index (χ3n) is 5.36. The molecule has 0 radical (unpaired) electrons. The number of imide groups is 1. The Morgan fingerprint density at radius 3 is 2.38 bits per heavy atom. The molecule has 0 saturated carbocycles.